The number of anilines is 2. The zero-order valence-electron chi connectivity index (χ0n) is 19.3. The van der Waals surface area contributed by atoms with Crippen molar-refractivity contribution in [3.05, 3.63) is 59.7 Å². The molecule has 2 saturated heterocycles. The molecule has 32 heavy (non-hydrogen) atoms. The first-order chi connectivity index (χ1) is 15.6. The molecule has 2 aliphatic heterocycles. The predicted molar refractivity (Wildman–Crippen MR) is 129 cm³/mol. The van der Waals surface area contributed by atoms with Gasteiger partial charge in [0.15, 0.2) is 0 Å². The molecule has 0 radical (unpaired) electrons. The molecule has 1 aliphatic carbocycles. The SMILES string of the molecule is CC(C)N1C[C@H]2CCN(c3ccc(NC(=O)c4ccc(COC5CCC5)cc4)cc3)[C@H]2C1. The molecule has 0 unspecified atom stereocenters. The highest BCUT2D eigenvalue weighted by Gasteiger charge is 2.41. The molecule has 5 heteroatoms. The molecule has 5 nitrogen and oxygen atoms in total. The number of carbonyl (C=O) groups excluding carboxylic acids is 1. The van der Waals surface area contributed by atoms with Crippen molar-refractivity contribution in [2.24, 2.45) is 5.92 Å². The Morgan fingerprint density at radius 3 is 2.44 bits per heavy atom. The first-order valence-corrected chi connectivity index (χ1v) is 12.2. The number of benzene rings is 2. The summed E-state index contributed by atoms with van der Waals surface area (Å²) in [6, 6.07) is 17.3. The molecular formula is C27H35N3O2. The van der Waals surface area contributed by atoms with E-state index in [1.165, 1.54) is 37.9 Å². The van der Waals surface area contributed by atoms with Crippen LogP contribution in [0.1, 0.15) is 55.5 Å². The first-order valence-electron chi connectivity index (χ1n) is 12.2. The van der Waals surface area contributed by atoms with Crippen LogP contribution in [0.3, 0.4) is 0 Å². The number of ether oxygens (including phenoxy) is 1. The summed E-state index contributed by atoms with van der Waals surface area (Å²) >= 11 is 0. The van der Waals surface area contributed by atoms with Gasteiger partial charge in [0, 0.05) is 48.7 Å². The molecule has 2 aromatic rings. The van der Waals surface area contributed by atoms with E-state index in [1.54, 1.807) is 0 Å². The molecule has 0 aromatic heterocycles. The highest BCUT2D eigenvalue weighted by Crippen LogP contribution is 2.36. The molecule has 1 N–H and O–H groups in total. The highest BCUT2D eigenvalue weighted by atomic mass is 16.5. The number of likely N-dealkylation sites (tertiary alicyclic amines) is 1. The lowest BCUT2D eigenvalue weighted by Crippen LogP contribution is -2.37. The van der Waals surface area contributed by atoms with Gasteiger partial charge in [-0.15, -0.1) is 0 Å². The Kier molecular flexibility index (Phi) is 6.20. The summed E-state index contributed by atoms with van der Waals surface area (Å²) < 4.78 is 5.85. The minimum atomic E-state index is -0.0752. The maximum absolute atomic E-state index is 12.7. The van der Waals surface area contributed by atoms with E-state index < -0.39 is 0 Å². The van der Waals surface area contributed by atoms with E-state index in [4.69, 9.17) is 4.74 Å². The molecule has 0 bridgehead atoms. The second kappa shape index (κ2) is 9.24. The summed E-state index contributed by atoms with van der Waals surface area (Å²) in [4.78, 5) is 17.8. The van der Waals surface area contributed by atoms with E-state index >= 15 is 0 Å². The molecule has 2 heterocycles. The number of hydrogen-bond donors (Lipinski definition) is 1. The van der Waals surface area contributed by atoms with Crippen LogP contribution in [0.25, 0.3) is 0 Å². The molecule has 0 spiro atoms. The fraction of sp³-hybridized carbons (Fsp3) is 0.519. The molecule has 2 aromatic carbocycles. The average Bonchev–Trinajstić information content (AvgIpc) is 3.35. The van der Waals surface area contributed by atoms with E-state index in [0.717, 1.165) is 30.3 Å². The third kappa shape index (κ3) is 4.55. The van der Waals surface area contributed by atoms with Gasteiger partial charge in [0.2, 0.25) is 0 Å². The van der Waals surface area contributed by atoms with Crippen LogP contribution < -0.4 is 10.2 Å². The van der Waals surface area contributed by atoms with Gasteiger partial charge in [0.25, 0.3) is 5.91 Å². The zero-order chi connectivity index (χ0) is 22.1. The standard InChI is InChI=1S/C27H35N3O2/c1-19(2)29-16-22-14-15-30(26(22)17-29)24-12-10-23(11-13-24)28-27(31)21-8-6-20(7-9-21)18-32-25-4-3-5-25/h6-13,19,22,25-26H,3-5,14-18H2,1-2H3,(H,28,31)/t22-,26+/m1/s1. The van der Waals surface area contributed by atoms with Crippen molar-refractivity contribution in [3.8, 4) is 0 Å². The third-order valence-corrected chi connectivity index (χ3v) is 7.52. The lowest BCUT2D eigenvalue weighted by molar-refractivity contribution is -0.00866. The van der Waals surface area contributed by atoms with Crippen LogP contribution in [0, 0.1) is 5.92 Å². The molecule has 1 saturated carbocycles. The number of fused-ring (bicyclic) bond motifs is 1. The smallest absolute Gasteiger partial charge is 0.255 e. The number of rotatable bonds is 7. The van der Waals surface area contributed by atoms with E-state index in [9.17, 15) is 4.79 Å². The van der Waals surface area contributed by atoms with Crippen molar-refractivity contribution in [2.45, 2.75) is 64.3 Å². The normalized spacial score (nSPS) is 23.4. The Balaban J connectivity index is 1.16. The largest absolute Gasteiger partial charge is 0.374 e. The fourth-order valence-corrected chi connectivity index (χ4v) is 5.18. The van der Waals surface area contributed by atoms with Crippen molar-refractivity contribution < 1.29 is 9.53 Å². The van der Waals surface area contributed by atoms with Crippen molar-refractivity contribution >= 4 is 17.3 Å². The Labute approximate surface area is 191 Å². The molecule has 170 valence electrons. The van der Waals surface area contributed by atoms with Gasteiger partial charge in [-0.3, -0.25) is 9.69 Å². The van der Waals surface area contributed by atoms with Gasteiger partial charge in [-0.05, 0) is 87.4 Å². The Morgan fingerprint density at radius 1 is 1.03 bits per heavy atom. The molecule has 2 atom stereocenters. The Hall–Kier alpha value is -2.37. The molecule has 3 aliphatic rings. The monoisotopic (exact) mass is 433 g/mol. The summed E-state index contributed by atoms with van der Waals surface area (Å²) in [6.07, 6.45) is 5.33. The van der Waals surface area contributed by atoms with Crippen LogP contribution in [0.5, 0.6) is 0 Å². The summed E-state index contributed by atoms with van der Waals surface area (Å²) in [6.45, 7) is 8.71. The number of amides is 1. The summed E-state index contributed by atoms with van der Waals surface area (Å²) in [5.41, 5.74) is 3.88. The van der Waals surface area contributed by atoms with E-state index in [1.807, 2.05) is 36.4 Å². The second-order valence-corrected chi connectivity index (χ2v) is 9.92. The number of carbonyl (C=O) groups is 1. The maximum Gasteiger partial charge on any atom is 0.255 e. The fourth-order valence-electron chi connectivity index (χ4n) is 5.18. The molecule has 3 fully saturated rings. The summed E-state index contributed by atoms with van der Waals surface area (Å²) in [5.74, 6) is 0.702. The number of nitrogens with zero attached hydrogens (tertiary/aromatic N) is 2. The van der Waals surface area contributed by atoms with Gasteiger partial charge >= 0.3 is 0 Å². The quantitative estimate of drug-likeness (QED) is 0.673. The first kappa shape index (κ1) is 21.5. The zero-order valence-corrected chi connectivity index (χ0v) is 19.3. The third-order valence-electron chi connectivity index (χ3n) is 7.52. The van der Waals surface area contributed by atoms with Crippen molar-refractivity contribution in [3.63, 3.8) is 0 Å². The number of nitrogens with one attached hydrogen (secondary N) is 1. The van der Waals surface area contributed by atoms with Gasteiger partial charge in [-0.2, -0.15) is 0 Å². The predicted octanol–water partition coefficient (Wildman–Crippen LogP) is 4.93. The van der Waals surface area contributed by atoms with Crippen LogP contribution in [0.4, 0.5) is 11.4 Å². The lowest BCUT2D eigenvalue weighted by Gasteiger charge is -2.28. The minimum Gasteiger partial charge on any atom is -0.374 e. The van der Waals surface area contributed by atoms with Crippen molar-refractivity contribution in [1.82, 2.24) is 4.90 Å². The van der Waals surface area contributed by atoms with E-state index in [2.05, 4.69) is 41.1 Å². The van der Waals surface area contributed by atoms with E-state index in [-0.39, 0.29) is 5.91 Å². The van der Waals surface area contributed by atoms with Crippen molar-refractivity contribution in [2.75, 3.05) is 29.9 Å². The van der Waals surface area contributed by atoms with Gasteiger partial charge < -0.3 is 15.0 Å². The van der Waals surface area contributed by atoms with Crippen LogP contribution in [0.15, 0.2) is 48.5 Å². The average molecular weight is 434 g/mol. The topological polar surface area (TPSA) is 44.8 Å². The Morgan fingerprint density at radius 2 is 1.78 bits per heavy atom. The van der Waals surface area contributed by atoms with Gasteiger partial charge in [0.05, 0.1) is 12.7 Å². The van der Waals surface area contributed by atoms with Gasteiger partial charge in [-0.1, -0.05) is 12.1 Å². The number of hydrogen-bond acceptors (Lipinski definition) is 4. The van der Waals surface area contributed by atoms with Crippen molar-refractivity contribution in [1.29, 1.82) is 0 Å². The summed E-state index contributed by atoms with van der Waals surface area (Å²) in [7, 11) is 0. The van der Waals surface area contributed by atoms with Gasteiger partial charge in [-0.25, -0.2) is 0 Å². The second-order valence-electron chi connectivity index (χ2n) is 9.92. The lowest BCUT2D eigenvalue weighted by atomic mass is 9.96. The van der Waals surface area contributed by atoms with E-state index in [0.29, 0.717) is 30.4 Å². The Bertz CT molecular complexity index is 921. The van der Waals surface area contributed by atoms with Gasteiger partial charge in [0.1, 0.15) is 0 Å². The molecule has 5 rings (SSSR count). The van der Waals surface area contributed by atoms with Crippen LogP contribution >= 0.6 is 0 Å². The maximum atomic E-state index is 12.7. The van der Waals surface area contributed by atoms with Crippen LogP contribution in [-0.2, 0) is 11.3 Å². The highest BCUT2D eigenvalue weighted by molar-refractivity contribution is 6.04. The van der Waals surface area contributed by atoms with Crippen LogP contribution in [-0.4, -0.2) is 48.6 Å². The molecular weight excluding hydrogens is 398 g/mol. The molecule has 1 amide bonds. The minimum absolute atomic E-state index is 0.0752. The summed E-state index contributed by atoms with van der Waals surface area (Å²) in [5, 5.41) is 3.04. The van der Waals surface area contributed by atoms with Crippen LogP contribution in [0.2, 0.25) is 0 Å².